The summed E-state index contributed by atoms with van der Waals surface area (Å²) in [5.74, 6) is 0.350. The highest BCUT2D eigenvalue weighted by Crippen LogP contribution is 2.46. The van der Waals surface area contributed by atoms with Crippen molar-refractivity contribution in [1.29, 1.82) is 0 Å². The molecule has 1 N–H and O–H groups in total. The van der Waals surface area contributed by atoms with Gasteiger partial charge in [0.15, 0.2) is 26.5 Å². The number of amidine groups is 1. The maximum atomic E-state index is 13.7. The van der Waals surface area contributed by atoms with Gasteiger partial charge < -0.3 is 24.4 Å². The van der Waals surface area contributed by atoms with Crippen molar-refractivity contribution in [3.05, 3.63) is 52.5 Å². The Bertz CT molecular complexity index is 1450. The second-order valence-electron chi connectivity index (χ2n) is 10.9. The van der Waals surface area contributed by atoms with E-state index in [2.05, 4.69) is 26.2 Å². The molecule has 3 unspecified atom stereocenters. The average molecular weight is 683 g/mol. The summed E-state index contributed by atoms with van der Waals surface area (Å²) in [4.78, 5) is 32.7. The topological polar surface area (TPSA) is 124 Å². The van der Waals surface area contributed by atoms with Gasteiger partial charge in [-0.2, -0.15) is 4.99 Å². The zero-order chi connectivity index (χ0) is 30.7. The molecule has 3 atom stereocenters. The lowest BCUT2D eigenvalue weighted by molar-refractivity contribution is -0.119. The summed E-state index contributed by atoms with van der Waals surface area (Å²) in [6.07, 6.45) is -0.533. The molecule has 2 aromatic carbocycles. The van der Waals surface area contributed by atoms with E-state index in [1.165, 1.54) is 11.8 Å². The van der Waals surface area contributed by atoms with E-state index < -0.39 is 39.5 Å². The Morgan fingerprint density at radius 2 is 1.74 bits per heavy atom. The minimum atomic E-state index is -3.29. The van der Waals surface area contributed by atoms with Crippen molar-refractivity contribution in [2.24, 2.45) is 4.99 Å². The normalized spacial score (nSPS) is 21.1. The van der Waals surface area contributed by atoms with Crippen molar-refractivity contribution in [2.45, 2.75) is 64.0 Å². The lowest BCUT2D eigenvalue weighted by Crippen LogP contribution is -2.45. The van der Waals surface area contributed by atoms with Gasteiger partial charge in [-0.15, -0.1) is 0 Å². The molecular weight excluding hydrogens is 646 g/mol. The van der Waals surface area contributed by atoms with Crippen molar-refractivity contribution in [3.8, 4) is 11.5 Å². The quantitative estimate of drug-likeness (QED) is 0.390. The largest absolute Gasteiger partial charge is 0.490 e. The molecule has 2 amide bonds. The van der Waals surface area contributed by atoms with E-state index in [1.54, 1.807) is 37.8 Å². The fourth-order valence-corrected chi connectivity index (χ4v) is 9.19. The molecule has 2 fully saturated rings. The van der Waals surface area contributed by atoms with E-state index >= 15 is 0 Å². The third-order valence-electron chi connectivity index (χ3n) is 6.42. The van der Waals surface area contributed by atoms with Crippen LogP contribution in [-0.4, -0.2) is 73.2 Å². The number of ether oxygens (including phenoxy) is 3. The zero-order valence-corrected chi connectivity index (χ0v) is 27.5. The summed E-state index contributed by atoms with van der Waals surface area (Å²) < 4.78 is 42.9. The minimum Gasteiger partial charge on any atom is -0.490 e. The van der Waals surface area contributed by atoms with Crippen LogP contribution < -0.4 is 19.7 Å². The Kier molecular flexibility index (Phi) is 10.1. The van der Waals surface area contributed by atoms with Crippen LogP contribution in [0.3, 0.4) is 0 Å². The molecular formula is C29H36BrN3O7S2. The number of sulfone groups is 1. The molecule has 2 aromatic rings. The number of anilines is 1. The van der Waals surface area contributed by atoms with Gasteiger partial charge in [0.1, 0.15) is 11.6 Å². The monoisotopic (exact) mass is 681 g/mol. The SMILES string of the molecule is CCOc1cc(Br)c(N2C(=NC(=O)C(Cc3ccccc3)NC(=O)OC(C)(C)C)SC3CS(=O)(=O)CC32)cc1OCC. The lowest BCUT2D eigenvalue weighted by Gasteiger charge is -2.27. The van der Waals surface area contributed by atoms with E-state index in [0.29, 0.717) is 40.0 Å². The van der Waals surface area contributed by atoms with Gasteiger partial charge in [-0.05, 0) is 56.1 Å². The number of hydrogen-bond acceptors (Lipinski definition) is 8. The van der Waals surface area contributed by atoms with Crippen LogP contribution in [0, 0.1) is 0 Å². The highest BCUT2D eigenvalue weighted by molar-refractivity contribution is 9.10. The van der Waals surface area contributed by atoms with Gasteiger partial charge in [0.2, 0.25) is 0 Å². The smallest absolute Gasteiger partial charge is 0.408 e. The Labute approximate surface area is 259 Å². The summed E-state index contributed by atoms with van der Waals surface area (Å²) >= 11 is 4.87. The molecule has 2 saturated heterocycles. The molecule has 228 valence electrons. The minimum absolute atomic E-state index is 0.0252. The van der Waals surface area contributed by atoms with Gasteiger partial charge in [-0.25, -0.2) is 13.2 Å². The van der Waals surface area contributed by atoms with Crippen LogP contribution in [0.25, 0.3) is 0 Å². The molecule has 0 aromatic heterocycles. The van der Waals surface area contributed by atoms with Crippen LogP contribution >= 0.6 is 27.7 Å². The molecule has 10 nitrogen and oxygen atoms in total. The fraction of sp³-hybridized carbons (Fsp3) is 0.483. The summed E-state index contributed by atoms with van der Waals surface area (Å²) in [5.41, 5.74) is 0.683. The second-order valence-corrected chi connectivity index (χ2v) is 15.1. The average Bonchev–Trinajstić information content (AvgIpc) is 3.35. The number of aliphatic imine (C=N–C) groups is 1. The molecule has 0 saturated carbocycles. The molecule has 0 spiro atoms. The Balaban J connectivity index is 1.73. The molecule has 2 aliphatic heterocycles. The highest BCUT2D eigenvalue weighted by atomic mass is 79.9. The van der Waals surface area contributed by atoms with Gasteiger partial charge in [-0.3, -0.25) is 4.79 Å². The van der Waals surface area contributed by atoms with E-state index in [-0.39, 0.29) is 23.2 Å². The molecule has 42 heavy (non-hydrogen) atoms. The molecule has 0 aliphatic carbocycles. The summed E-state index contributed by atoms with van der Waals surface area (Å²) in [6.45, 7) is 9.79. The third kappa shape index (κ3) is 7.99. The first-order valence-electron chi connectivity index (χ1n) is 13.7. The molecule has 2 heterocycles. The number of carbonyl (C=O) groups is 2. The van der Waals surface area contributed by atoms with Crippen LogP contribution in [0.15, 0.2) is 51.9 Å². The maximum Gasteiger partial charge on any atom is 0.408 e. The standard InChI is InChI=1S/C29H36BrN3O7S2/c1-6-38-23-14-19(30)21(15-24(23)39-7-2)33-22-16-42(36,37)17-25(22)41-27(33)32-26(34)20(13-18-11-9-8-10-12-18)31-28(35)40-29(3,4)5/h8-12,14-15,20,22,25H,6-7,13,16-17H2,1-5H3,(H,31,35). The van der Waals surface area contributed by atoms with Crippen LogP contribution in [-0.2, 0) is 25.8 Å². The first-order chi connectivity index (χ1) is 19.8. The Morgan fingerprint density at radius 3 is 2.36 bits per heavy atom. The Hall–Kier alpha value is -2.77. The number of hydrogen-bond donors (Lipinski definition) is 1. The first kappa shape index (κ1) is 32.2. The number of thioether (sulfide) groups is 1. The maximum absolute atomic E-state index is 13.7. The number of alkyl carbamates (subject to hydrolysis) is 1. The first-order valence-corrected chi connectivity index (χ1v) is 17.2. The lowest BCUT2D eigenvalue weighted by atomic mass is 10.1. The predicted octanol–water partition coefficient (Wildman–Crippen LogP) is 4.98. The van der Waals surface area contributed by atoms with E-state index in [9.17, 15) is 18.0 Å². The van der Waals surface area contributed by atoms with Crippen molar-refractivity contribution >= 4 is 60.4 Å². The molecule has 13 heteroatoms. The van der Waals surface area contributed by atoms with Crippen molar-refractivity contribution in [1.82, 2.24) is 5.32 Å². The van der Waals surface area contributed by atoms with E-state index in [4.69, 9.17) is 14.2 Å². The van der Waals surface area contributed by atoms with Crippen LogP contribution in [0.4, 0.5) is 10.5 Å². The molecule has 0 bridgehead atoms. The van der Waals surface area contributed by atoms with E-state index in [0.717, 1.165) is 5.56 Å². The molecule has 2 aliphatic rings. The number of nitrogens with one attached hydrogen (secondary N) is 1. The molecule has 0 radical (unpaired) electrons. The van der Waals surface area contributed by atoms with Gasteiger partial charge in [-0.1, -0.05) is 42.1 Å². The van der Waals surface area contributed by atoms with Gasteiger partial charge in [0, 0.05) is 28.3 Å². The van der Waals surface area contributed by atoms with E-state index in [1.807, 2.05) is 44.2 Å². The van der Waals surface area contributed by atoms with Crippen LogP contribution in [0.2, 0.25) is 0 Å². The van der Waals surface area contributed by atoms with Crippen molar-refractivity contribution in [3.63, 3.8) is 0 Å². The number of nitrogens with zero attached hydrogens (tertiary/aromatic N) is 2. The highest BCUT2D eigenvalue weighted by Gasteiger charge is 2.50. The summed E-state index contributed by atoms with van der Waals surface area (Å²) in [7, 11) is -3.29. The van der Waals surface area contributed by atoms with Crippen LogP contribution in [0.5, 0.6) is 11.5 Å². The molecule has 4 rings (SSSR count). The van der Waals surface area contributed by atoms with Crippen molar-refractivity contribution < 1.29 is 32.2 Å². The van der Waals surface area contributed by atoms with Gasteiger partial charge >= 0.3 is 6.09 Å². The Morgan fingerprint density at radius 1 is 1.10 bits per heavy atom. The third-order valence-corrected chi connectivity index (χ3v) is 10.3. The zero-order valence-electron chi connectivity index (χ0n) is 24.3. The van der Waals surface area contributed by atoms with Gasteiger partial charge in [0.25, 0.3) is 5.91 Å². The number of halogens is 1. The van der Waals surface area contributed by atoms with Gasteiger partial charge in [0.05, 0.1) is 36.4 Å². The number of rotatable bonds is 9. The summed E-state index contributed by atoms with van der Waals surface area (Å²) in [5, 5.41) is 2.72. The summed E-state index contributed by atoms with van der Waals surface area (Å²) in [6, 6.07) is 11.4. The number of fused-ring (bicyclic) bond motifs is 1. The number of carbonyl (C=O) groups excluding carboxylic acids is 2. The predicted molar refractivity (Wildman–Crippen MR) is 169 cm³/mol. The fourth-order valence-electron chi connectivity index (χ4n) is 4.76. The van der Waals surface area contributed by atoms with Crippen molar-refractivity contribution in [2.75, 3.05) is 29.6 Å². The number of amides is 2. The van der Waals surface area contributed by atoms with Crippen LogP contribution in [0.1, 0.15) is 40.2 Å². The second kappa shape index (κ2) is 13.3. The number of benzene rings is 2.